The number of carbonyl (C=O) groups is 2. The summed E-state index contributed by atoms with van der Waals surface area (Å²) in [7, 11) is 0. The molecule has 0 aliphatic carbocycles. The normalized spacial score (nSPS) is 22.3. The molecule has 138 valence electrons. The van der Waals surface area contributed by atoms with E-state index in [1.54, 1.807) is 0 Å². The first-order chi connectivity index (χ1) is 11.3. The van der Waals surface area contributed by atoms with Gasteiger partial charge < -0.3 is 20.3 Å². The highest BCUT2D eigenvalue weighted by Gasteiger charge is 2.29. The molecule has 2 saturated heterocycles. The van der Waals surface area contributed by atoms with Crippen molar-refractivity contribution in [2.24, 2.45) is 0 Å². The van der Waals surface area contributed by atoms with E-state index in [9.17, 15) is 9.59 Å². The van der Waals surface area contributed by atoms with Crippen molar-refractivity contribution in [3.8, 4) is 0 Å². The van der Waals surface area contributed by atoms with E-state index in [0.29, 0.717) is 19.1 Å². The highest BCUT2D eigenvalue weighted by Crippen LogP contribution is 2.20. The number of likely N-dealkylation sites (tertiary alicyclic amines) is 2. The largest absolute Gasteiger partial charge is 0.444 e. The van der Waals surface area contributed by atoms with Gasteiger partial charge in [0.25, 0.3) is 0 Å². The predicted molar refractivity (Wildman–Crippen MR) is 93.0 cm³/mol. The molecular weight excluding hydrogens is 308 g/mol. The van der Waals surface area contributed by atoms with E-state index in [-0.39, 0.29) is 6.03 Å². The summed E-state index contributed by atoms with van der Waals surface area (Å²) in [5, 5.41) is 5.53. The molecule has 0 aromatic heterocycles. The minimum Gasteiger partial charge on any atom is -0.444 e. The maximum Gasteiger partial charge on any atom is 0.407 e. The number of nitrogens with one attached hydrogen (secondary N) is 2. The monoisotopic (exact) mass is 340 g/mol. The number of nitrogens with zero attached hydrogens (tertiary/aromatic N) is 2. The van der Waals surface area contributed by atoms with Crippen molar-refractivity contribution in [1.82, 2.24) is 20.4 Å². The molecule has 7 nitrogen and oxygen atoms in total. The van der Waals surface area contributed by atoms with Gasteiger partial charge in [-0.2, -0.15) is 0 Å². The second-order valence-corrected chi connectivity index (χ2v) is 7.65. The second-order valence-electron chi connectivity index (χ2n) is 7.65. The van der Waals surface area contributed by atoms with E-state index < -0.39 is 11.7 Å². The van der Waals surface area contributed by atoms with Crippen LogP contribution in [-0.4, -0.2) is 72.8 Å². The van der Waals surface area contributed by atoms with Gasteiger partial charge in [0.1, 0.15) is 5.60 Å². The van der Waals surface area contributed by atoms with Gasteiger partial charge in [0.2, 0.25) is 0 Å². The quantitative estimate of drug-likeness (QED) is 0.765. The van der Waals surface area contributed by atoms with E-state index in [0.717, 1.165) is 19.5 Å². The molecule has 7 heteroatoms. The summed E-state index contributed by atoms with van der Waals surface area (Å²) in [6.07, 6.45) is 4.34. The number of alkyl carbamates (subject to hydrolysis) is 1. The maximum absolute atomic E-state index is 12.3. The lowest BCUT2D eigenvalue weighted by Crippen LogP contribution is -2.52. The predicted octanol–water partition coefficient (Wildman–Crippen LogP) is 1.78. The Morgan fingerprint density at radius 3 is 2.38 bits per heavy atom. The smallest absolute Gasteiger partial charge is 0.407 e. The third-order valence-corrected chi connectivity index (χ3v) is 4.41. The molecule has 2 heterocycles. The maximum atomic E-state index is 12.3. The molecule has 2 fully saturated rings. The van der Waals surface area contributed by atoms with Crippen LogP contribution < -0.4 is 10.6 Å². The number of piperidine rings is 1. The molecule has 24 heavy (non-hydrogen) atoms. The molecule has 2 aliphatic rings. The molecule has 3 amide bonds. The molecule has 0 bridgehead atoms. The summed E-state index contributed by atoms with van der Waals surface area (Å²) >= 11 is 0. The first-order valence-corrected chi connectivity index (χ1v) is 9.09. The van der Waals surface area contributed by atoms with Crippen molar-refractivity contribution in [3.05, 3.63) is 0 Å². The van der Waals surface area contributed by atoms with Crippen molar-refractivity contribution in [2.45, 2.75) is 58.1 Å². The van der Waals surface area contributed by atoms with Gasteiger partial charge in [-0.25, -0.2) is 9.59 Å². The van der Waals surface area contributed by atoms with Crippen molar-refractivity contribution in [1.29, 1.82) is 0 Å². The molecule has 0 aromatic carbocycles. The van der Waals surface area contributed by atoms with Crippen LogP contribution in [0.1, 0.15) is 46.5 Å². The molecule has 1 unspecified atom stereocenters. The summed E-state index contributed by atoms with van der Waals surface area (Å²) < 4.78 is 5.15. The van der Waals surface area contributed by atoms with Crippen LogP contribution in [0.15, 0.2) is 0 Å². The fourth-order valence-corrected chi connectivity index (χ4v) is 3.30. The van der Waals surface area contributed by atoms with Gasteiger partial charge in [-0.15, -0.1) is 0 Å². The van der Waals surface area contributed by atoms with E-state index in [1.807, 2.05) is 25.7 Å². The Morgan fingerprint density at radius 2 is 1.71 bits per heavy atom. The molecule has 2 aliphatic heterocycles. The van der Waals surface area contributed by atoms with Gasteiger partial charge in [0.05, 0.1) is 0 Å². The van der Waals surface area contributed by atoms with Crippen LogP contribution in [0.2, 0.25) is 0 Å². The van der Waals surface area contributed by atoms with Crippen LogP contribution in [0.25, 0.3) is 0 Å². The second kappa shape index (κ2) is 8.55. The molecule has 0 spiro atoms. The van der Waals surface area contributed by atoms with E-state index in [1.165, 1.54) is 32.4 Å². The zero-order chi connectivity index (χ0) is 17.6. The van der Waals surface area contributed by atoms with Crippen molar-refractivity contribution < 1.29 is 14.3 Å². The lowest BCUT2D eigenvalue weighted by Gasteiger charge is -2.37. The summed E-state index contributed by atoms with van der Waals surface area (Å²) in [5.41, 5.74) is -0.508. The van der Waals surface area contributed by atoms with Crippen LogP contribution in [0.3, 0.4) is 0 Å². The third kappa shape index (κ3) is 6.19. The van der Waals surface area contributed by atoms with Gasteiger partial charge in [-0.3, -0.25) is 4.90 Å². The number of ether oxygens (including phenoxy) is 1. The average Bonchev–Trinajstić information content (AvgIpc) is 3.04. The SMILES string of the molecule is CC(C)(C)OC(=O)NCCNC(=O)N1CCCC(N2CCCC2)C1. The van der Waals surface area contributed by atoms with Crippen LogP contribution in [0.5, 0.6) is 0 Å². The van der Waals surface area contributed by atoms with Gasteiger partial charge in [0, 0.05) is 32.2 Å². The van der Waals surface area contributed by atoms with E-state index in [4.69, 9.17) is 4.74 Å². The first kappa shape index (κ1) is 18.8. The molecule has 1 atom stereocenters. The van der Waals surface area contributed by atoms with Gasteiger partial charge >= 0.3 is 12.1 Å². The van der Waals surface area contributed by atoms with Crippen LogP contribution in [0, 0.1) is 0 Å². The molecule has 2 N–H and O–H groups in total. The molecule has 0 saturated carbocycles. The van der Waals surface area contributed by atoms with Crippen molar-refractivity contribution in [3.63, 3.8) is 0 Å². The standard InChI is InChI=1S/C17H32N4O3/c1-17(2,3)24-16(23)19-9-8-18-15(22)21-12-6-7-14(13-21)20-10-4-5-11-20/h14H,4-13H2,1-3H3,(H,18,22)(H,19,23). The summed E-state index contributed by atoms with van der Waals surface area (Å²) in [6, 6.07) is 0.469. The Morgan fingerprint density at radius 1 is 1.04 bits per heavy atom. The number of amides is 3. The number of hydrogen-bond donors (Lipinski definition) is 2. The molecule has 0 radical (unpaired) electrons. The topological polar surface area (TPSA) is 73.9 Å². The Bertz CT molecular complexity index is 430. The fraction of sp³-hybridized carbons (Fsp3) is 0.882. The van der Waals surface area contributed by atoms with Gasteiger partial charge in [-0.05, 0) is 59.5 Å². The summed E-state index contributed by atoms with van der Waals surface area (Å²) in [6.45, 7) is 10.2. The number of urea groups is 1. The van der Waals surface area contributed by atoms with Crippen molar-refractivity contribution in [2.75, 3.05) is 39.3 Å². The Balaban J connectivity index is 1.64. The van der Waals surface area contributed by atoms with E-state index >= 15 is 0 Å². The Kier molecular flexibility index (Phi) is 6.71. The Labute approximate surface area is 145 Å². The van der Waals surface area contributed by atoms with E-state index in [2.05, 4.69) is 15.5 Å². The number of rotatable bonds is 4. The molecular formula is C17H32N4O3. The minimum absolute atomic E-state index is 0.0371. The summed E-state index contributed by atoms with van der Waals surface area (Å²) in [5.74, 6) is 0. The first-order valence-electron chi connectivity index (χ1n) is 9.09. The highest BCUT2D eigenvalue weighted by molar-refractivity contribution is 5.74. The minimum atomic E-state index is -0.508. The summed E-state index contributed by atoms with van der Waals surface area (Å²) in [4.78, 5) is 28.2. The zero-order valence-corrected chi connectivity index (χ0v) is 15.3. The third-order valence-electron chi connectivity index (χ3n) is 4.41. The number of carbonyl (C=O) groups excluding carboxylic acids is 2. The van der Waals surface area contributed by atoms with Crippen LogP contribution in [0.4, 0.5) is 9.59 Å². The molecule has 2 rings (SSSR count). The van der Waals surface area contributed by atoms with Crippen molar-refractivity contribution >= 4 is 12.1 Å². The Hall–Kier alpha value is -1.50. The zero-order valence-electron chi connectivity index (χ0n) is 15.3. The fourth-order valence-electron chi connectivity index (χ4n) is 3.30. The lowest BCUT2D eigenvalue weighted by atomic mass is 10.0. The van der Waals surface area contributed by atoms with Crippen LogP contribution in [-0.2, 0) is 4.74 Å². The highest BCUT2D eigenvalue weighted by atomic mass is 16.6. The average molecular weight is 340 g/mol. The van der Waals surface area contributed by atoms with Crippen LogP contribution >= 0.6 is 0 Å². The van der Waals surface area contributed by atoms with Gasteiger partial charge in [0.15, 0.2) is 0 Å². The molecule has 0 aromatic rings. The van der Waals surface area contributed by atoms with Gasteiger partial charge in [-0.1, -0.05) is 0 Å². The lowest BCUT2D eigenvalue weighted by molar-refractivity contribution is 0.0528. The number of hydrogen-bond acceptors (Lipinski definition) is 4.